The van der Waals surface area contributed by atoms with Crippen molar-refractivity contribution in [2.75, 3.05) is 6.54 Å². The minimum atomic E-state index is -0.0825. The molecule has 1 aliphatic carbocycles. The molecule has 1 aliphatic rings. The molecule has 0 saturated heterocycles. The Bertz CT molecular complexity index is 738. The number of nitrogens with one attached hydrogen (secondary N) is 1. The minimum absolute atomic E-state index is 0.0825. The third-order valence-corrected chi connectivity index (χ3v) is 4.92. The van der Waals surface area contributed by atoms with Crippen LogP contribution in [0.4, 0.5) is 0 Å². The van der Waals surface area contributed by atoms with Crippen molar-refractivity contribution < 1.29 is 9.32 Å². The number of pyridine rings is 1. The second-order valence-electron chi connectivity index (χ2n) is 7.07. The van der Waals surface area contributed by atoms with Crippen LogP contribution in [0.25, 0.3) is 11.1 Å². The van der Waals surface area contributed by atoms with E-state index >= 15 is 0 Å². The van der Waals surface area contributed by atoms with Gasteiger partial charge < -0.3 is 15.6 Å². The highest BCUT2D eigenvalue weighted by Gasteiger charge is 2.28. The summed E-state index contributed by atoms with van der Waals surface area (Å²) in [5, 5.41) is 8.04. The number of carbonyl (C=O) groups is 1. The lowest BCUT2D eigenvalue weighted by Crippen LogP contribution is -2.44. The van der Waals surface area contributed by atoms with Gasteiger partial charge in [0.15, 0.2) is 0 Å². The first-order valence-corrected chi connectivity index (χ1v) is 8.79. The summed E-state index contributed by atoms with van der Waals surface area (Å²) >= 11 is 0. The third kappa shape index (κ3) is 3.15. The molecule has 1 amide bonds. The molecule has 1 fully saturated rings. The molecular weight excluding hydrogens is 304 g/mol. The Morgan fingerprint density at radius 2 is 2.17 bits per heavy atom. The van der Waals surface area contributed by atoms with Crippen LogP contribution in [0.15, 0.2) is 10.6 Å². The predicted octanol–water partition coefficient (Wildman–Crippen LogP) is 2.90. The molecule has 0 bridgehead atoms. The Morgan fingerprint density at radius 1 is 1.42 bits per heavy atom. The summed E-state index contributed by atoms with van der Waals surface area (Å²) in [6.45, 7) is 6.53. The Hall–Kier alpha value is -1.95. The summed E-state index contributed by atoms with van der Waals surface area (Å²) in [4.78, 5) is 17.3. The van der Waals surface area contributed by atoms with Gasteiger partial charge in [-0.1, -0.05) is 31.8 Å². The van der Waals surface area contributed by atoms with E-state index in [-0.39, 0.29) is 17.9 Å². The first-order valence-electron chi connectivity index (χ1n) is 8.79. The fourth-order valence-corrected chi connectivity index (χ4v) is 3.60. The van der Waals surface area contributed by atoms with Crippen LogP contribution in [0, 0.1) is 12.8 Å². The molecular formula is C18H26N4O2. The fraction of sp³-hybridized carbons (Fsp3) is 0.611. The first-order chi connectivity index (χ1) is 11.5. The topological polar surface area (TPSA) is 94.0 Å². The summed E-state index contributed by atoms with van der Waals surface area (Å²) in [7, 11) is 0. The molecule has 6 nitrogen and oxygen atoms in total. The summed E-state index contributed by atoms with van der Waals surface area (Å²) in [5.74, 6) is 0.433. The molecule has 6 heteroatoms. The van der Waals surface area contributed by atoms with Crippen molar-refractivity contribution in [2.45, 2.75) is 58.4 Å². The van der Waals surface area contributed by atoms with Gasteiger partial charge in [0.05, 0.1) is 16.6 Å². The van der Waals surface area contributed by atoms with Crippen molar-refractivity contribution >= 4 is 17.0 Å². The van der Waals surface area contributed by atoms with E-state index in [1.165, 1.54) is 6.42 Å². The smallest absolute Gasteiger partial charge is 0.259 e. The SMILES string of the molecule is Cc1cc(C(=O)NC2CCCCC2CN)c2c(C(C)C)noc2n1. The van der Waals surface area contributed by atoms with Crippen LogP contribution in [-0.4, -0.2) is 28.6 Å². The van der Waals surface area contributed by atoms with Crippen LogP contribution in [-0.2, 0) is 0 Å². The molecule has 0 aromatic carbocycles. The highest BCUT2D eigenvalue weighted by Crippen LogP contribution is 2.29. The molecule has 0 radical (unpaired) electrons. The van der Waals surface area contributed by atoms with Gasteiger partial charge in [-0.25, -0.2) is 4.98 Å². The molecule has 3 N–H and O–H groups in total. The number of rotatable bonds is 4. The number of aryl methyl sites for hydroxylation is 1. The first kappa shape index (κ1) is 16.9. The van der Waals surface area contributed by atoms with Crippen molar-refractivity contribution in [2.24, 2.45) is 11.7 Å². The van der Waals surface area contributed by atoms with E-state index in [1.54, 1.807) is 0 Å². The van der Waals surface area contributed by atoms with Crippen molar-refractivity contribution in [3.63, 3.8) is 0 Å². The van der Waals surface area contributed by atoms with E-state index in [2.05, 4.69) is 15.5 Å². The highest BCUT2D eigenvalue weighted by atomic mass is 16.5. The molecule has 24 heavy (non-hydrogen) atoms. The quantitative estimate of drug-likeness (QED) is 0.899. The lowest BCUT2D eigenvalue weighted by atomic mass is 9.84. The lowest BCUT2D eigenvalue weighted by Gasteiger charge is -2.31. The number of carbonyl (C=O) groups excluding carboxylic acids is 1. The molecule has 3 rings (SSSR count). The maximum Gasteiger partial charge on any atom is 0.259 e. The molecule has 0 aliphatic heterocycles. The summed E-state index contributed by atoms with van der Waals surface area (Å²) < 4.78 is 5.35. The van der Waals surface area contributed by atoms with E-state index in [9.17, 15) is 4.79 Å². The zero-order chi connectivity index (χ0) is 17.3. The minimum Gasteiger partial charge on any atom is -0.349 e. The number of nitrogens with zero attached hydrogens (tertiary/aromatic N) is 2. The van der Waals surface area contributed by atoms with E-state index < -0.39 is 0 Å². The average molecular weight is 330 g/mol. The van der Waals surface area contributed by atoms with E-state index in [4.69, 9.17) is 10.3 Å². The zero-order valence-corrected chi connectivity index (χ0v) is 14.6. The Kier molecular flexibility index (Phi) is 4.85. The van der Waals surface area contributed by atoms with Gasteiger partial charge in [0.2, 0.25) is 0 Å². The summed E-state index contributed by atoms with van der Waals surface area (Å²) in [6.07, 6.45) is 4.39. The molecule has 2 aromatic heterocycles. The molecule has 2 heterocycles. The average Bonchev–Trinajstić information content (AvgIpc) is 2.98. The molecule has 2 atom stereocenters. The fourth-order valence-electron chi connectivity index (χ4n) is 3.60. The number of nitrogens with two attached hydrogens (primary N) is 1. The van der Waals surface area contributed by atoms with Crippen molar-refractivity contribution in [1.82, 2.24) is 15.5 Å². The Morgan fingerprint density at radius 3 is 2.88 bits per heavy atom. The van der Waals surface area contributed by atoms with Gasteiger partial charge in [-0.05, 0) is 44.2 Å². The normalized spacial score (nSPS) is 21.4. The Balaban J connectivity index is 1.95. The van der Waals surface area contributed by atoms with E-state index in [1.807, 2.05) is 26.8 Å². The number of hydrogen-bond donors (Lipinski definition) is 2. The number of aromatic nitrogens is 2. The van der Waals surface area contributed by atoms with Gasteiger partial charge in [-0.2, -0.15) is 0 Å². The van der Waals surface area contributed by atoms with Gasteiger partial charge in [-0.3, -0.25) is 4.79 Å². The Labute approximate surface area is 142 Å². The van der Waals surface area contributed by atoms with Crippen molar-refractivity contribution in [1.29, 1.82) is 0 Å². The largest absolute Gasteiger partial charge is 0.349 e. The molecule has 2 unspecified atom stereocenters. The van der Waals surface area contributed by atoms with Gasteiger partial charge in [0, 0.05) is 11.7 Å². The highest BCUT2D eigenvalue weighted by molar-refractivity contribution is 6.06. The van der Waals surface area contributed by atoms with Gasteiger partial charge in [-0.15, -0.1) is 0 Å². The third-order valence-electron chi connectivity index (χ3n) is 4.92. The molecule has 2 aromatic rings. The second-order valence-corrected chi connectivity index (χ2v) is 7.07. The van der Waals surface area contributed by atoms with Crippen LogP contribution >= 0.6 is 0 Å². The van der Waals surface area contributed by atoms with Crippen LogP contribution in [0.2, 0.25) is 0 Å². The predicted molar refractivity (Wildman–Crippen MR) is 92.9 cm³/mol. The number of fused-ring (bicyclic) bond motifs is 1. The monoisotopic (exact) mass is 330 g/mol. The van der Waals surface area contributed by atoms with Gasteiger partial charge >= 0.3 is 0 Å². The summed E-state index contributed by atoms with van der Waals surface area (Å²) in [6, 6.07) is 1.96. The van der Waals surface area contributed by atoms with Crippen LogP contribution in [0.3, 0.4) is 0 Å². The van der Waals surface area contributed by atoms with Crippen LogP contribution in [0.1, 0.15) is 67.2 Å². The van der Waals surface area contributed by atoms with E-state index in [0.717, 1.165) is 36.0 Å². The van der Waals surface area contributed by atoms with Gasteiger partial charge in [0.25, 0.3) is 11.6 Å². The molecule has 130 valence electrons. The van der Waals surface area contributed by atoms with Crippen LogP contribution in [0.5, 0.6) is 0 Å². The number of amides is 1. The van der Waals surface area contributed by atoms with Crippen LogP contribution < -0.4 is 11.1 Å². The van der Waals surface area contributed by atoms with Crippen molar-refractivity contribution in [3.8, 4) is 0 Å². The van der Waals surface area contributed by atoms with E-state index in [0.29, 0.717) is 23.7 Å². The standard InChI is InChI=1S/C18H26N4O2/c1-10(2)16-15-13(8-11(3)20-18(15)24-22-16)17(23)21-14-7-5-4-6-12(14)9-19/h8,10,12,14H,4-7,9,19H2,1-3H3,(H,21,23). The zero-order valence-electron chi connectivity index (χ0n) is 14.6. The van der Waals surface area contributed by atoms with Gasteiger partial charge in [0.1, 0.15) is 0 Å². The number of hydrogen-bond acceptors (Lipinski definition) is 5. The molecule has 0 spiro atoms. The maximum atomic E-state index is 13.0. The lowest BCUT2D eigenvalue weighted by molar-refractivity contribution is 0.0909. The molecule has 1 saturated carbocycles. The second kappa shape index (κ2) is 6.89. The summed E-state index contributed by atoms with van der Waals surface area (Å²) in [5.41, 5.74) is 8.45. The van der Waals surface area contributed by atoms with Crippen molar-refractivity contribution in [3.05, 3.63) is 23.0 Å². The maximum absolute atomic E-state index is 13.0.